The summed E-state index contributed by atoms with van der Waals surface area (Å²) in [7, 11) is 1.81. The summed E-state index contributed by atoms with van der Waals surface area (Å²) in [5.41, 5.74) is 0. The van der Waals surface area contributed by atoms with E-state index >= 15 is 0 Å². The minimum atomic E-state index is 0. The maximum atomic E-state index is 6.00. The first-order valence-electron chi connectivity index (χ1n) is 10.2. The van der Waals surface area contributed by atoms with Gasteiger partial charge in [-0.2, -0.15) is 0 Å². The quantitative estimate of drug-likeness (QED) is 0.297. The molecule has 0 amide bonds. The molecule has 1 saturated carbocycles. The fraction of sp³-hybridized carbons (Fsp3) is 0.800. The zero-order valence-electron chi connectivity index (χ0n) is 17.4. The number of nitrogens with zero attached hydrogens (tertiary/aromatic N) is 3. The summed E-state index contributed by atoms with van der Waals surface area (Å²) in [5, 5.41) is 6.80. The van der Waals surface area contributed by atoms with Gasteiger partial charge in [-0.05, 0) is 38.0 Å². The lowest BCUT2D eigenvalue weighted by molar-refractivity contribution is 0.0169. The van der Waals surface area contributed by atoms with Gasteiger partial charge in [-0.15, -0.1) is 24.0 Å². The van der Waals surface area contributed by atoms with Gasteiger partial charge < -0.3 is 19.9 Å². The smallest absolute Gasteiger partial charge is 0.191 e. The van der Waals surface area contributed by atoms with Crippen LogP contribution in [0.1, 0.15) is 58.7 Å². The predicted octanol–water partition coefficient (Wildman–Crippen LogP) is 3.81. The third-order valence-electron chi connectivity index (χ3n) is 5.03. The highest BCUT2D eigenvalue weighted by Gasteiger charge is 2.25. The molecule has 2 N–H and O–H groups in total. The summed E-state index contributed by atoms with van der Waals surface area (Å²) in [5.74, 6) is 3.20. The van der Waals surface area contributed by atoms with E-state index in [1.165, 1.54) is 25.7 Å². The first-order chi connectivity index (χ1) is 12.6. The molecule has 2 rings (SSSR count). The number of halogens is 1. The summed E-state index contributed by atoms with van der Waals surface area (Å²) in [6.07, 6.45) is 10.7. The van der Waals surface area contributed by atoms with Crippen molar-refractivity contribution >= 4 is 29.9 Å². The van der Waals surface area contributed by atoms with Gasteiger partial charge >= 0.3 is 0 Å². The molecule has 7 heteroatoms. The first-order valence-corrected chi connectivity index (χ1v) is 10.2. The van der Waals surface area contributed by atoms with Crippen LogP contribution >= 0.6 is 24.0 Å². The van der Waals surface area contributed by atoms with Crippen LogP contribution in [0.5, 0.6) is 0 Å². The topological polar surface area (TPSA) is 63.5 Å². The molecule has 0 saturated heterocycles. The van der Waals surface area contributed by atoms with E-state index in [1.54, 1.807) is 0 Å². The fourth-order valence-corrected chi connectivity index (χ4v) is 3.78. The number of ether oxygens (including phenoxy) is 1. The lowest BCUT2D eigenvalue weighted by Gasteiger charge is -2.24. The fourth-order valence-electron chi connectivity index (χ4n) is 3.78. The maximum Gasteiger partial charge on any atom is 0.191 e. The summed E-state index contributed by atoms with van der Waals surface area (Å²) in [6, 6.07) is 0. The van der Waals surface area contributed by atoms with Crippen LogP contribution in [0.4, 0.5) is 0 Å². The van der Waals surface area contributed by atoms with Gasteiger partial charge in [0.05, 0.1) is 12.6 Å². The third-order valence-corrected chi connectivity index (χ3v) is 5.03. The van der Waals surface area contributed by atoms with Crippen LogP contribution in [0, 0.1) is 11.8 Å². The van der Waals surface area contributed by atoms with Gasteiger partial charge in [0.2, 0.25) is 0 Å². The zero-order valence-corrected chi connectivity index (χ0v) is 19.7. The Morgan fingerprint density at radius 3 is 2.70 bits per heavy atom. The van der Waals surface area contributed by atoms with Gasteiger partial charge in [-0.1, -0.05) is 26.7 Å². The van der Waals surface area contributed by atoms with Crippen molar-refractivity contribution < 1.29 is 4.74 Å². The summed E-state index contributed by atoms with van der Waals surface area (Å²) in [4.78, 5) is 8.79. The van der Waals surface area contributed by atoms with Crippen LogP contribution in [0.2, 0.25) is 0 Å². The van der Waals surface area contributed by atoms with Crippen molar-refractivity contribution in [2.45, 2.75) is 72.1 Å². The highest BCUT2D eigenvalue weighted by atomic mass is 127. The van der Waals surface area contributed by atoms with Gasteiger partial charge in [-0.3, -0.25) is 4.99 Å². The molecule has 156 valence electrons. The van der Waals surface area contributed by atoms with Crippen LogP contribution < -0.4 is 10.6 Å². The Balaban J connectivity index is 0.00000364. The average molecular weight is 491 g/mol. The molecule has 1 heterocycles. The Kier molecular flexibility index (Phi) is 12.0. The number of hydrogen-bond donors (Lipinski definition) is 2. The van der Waals surface area contributed by atoms with Crippen molar-refractivity contribution in [1.29, 1.82) is 0 Å². The van der Waals surface area contributed by atoms with Crippen molar-refractivity contribution in [2.75, 3.05) is 20.2 Å². The van der Waals surface area contributed by atoms with Gasteiger partial charge in [0.1, 0.15) is 5.82 Å². The second-order valence-electron chi connectivity index (χ2n) is 7.57. The van der Waals surface area contributed by atoms with Crippen LogP contribution in [0.15, 0.2) is 17.4 Å². The SMILES string of the molecule is CCOC(CCNC(=NC)NCc1nccn1CC(C)C)C1CCCC1.I. The number of hydrogen-bond acceptors (Lipinski definition) is 3. The monoisotopic (exact) mass is 491 g/mol. The molecule has 0 bridgehead atoms. The normalized spacial score (nSPS) is 16.4. The average Bonchev–Trinajstić information content (AvgIpc) is 3.28. The minimum Gasteiger partial charge on any atom is -0.378 e. The molecule has 0 aromatic carbocycles. The molecule has 0 aliphatic heterocycles. The van der Waals surface area contributed by atoms with E-state index in [4.69, 9.17) is 4.74 Å². The van der Waals surface area contributed by atoms with Crippen LogP contribution in [0.3, 0.4) is 0 Å². The van der Waals surface area contributed by atoms with Crippen LogP contribution in [-0.4, -0.2) is 41.8 Å². The maximum absolute atomic E-state index is 6.00. The number of guanidine groups is 1. The second-order valence-corrected chi connectivity index (χ2v) is 7.57. The van der Waals surface area contributed by atoms with Gasteiger partial charge in [-0.25, -0.2) is 4.98 Å². The van der Waals surface area contributed by atoms with E-state index < -0.39 is 0 Å². The number of imidazole rings is 1. The number of rotatable bonds is 10. The largest absolute Gasteiger partial charge is 0.378 e. The first kappa shape index (κ1) is 24.2. The van der Waals surface area contributed by atoms with Gasteiger partial charge in [0.25, 0.3) is 0 Å². The molecule has 0 radical (unpaired) electrons. The lowest BCUT2D eigenvalue weighted by Crippen LogP contribution is -2.39. The Morgan fingerprint density at radius 2 is 2.07 bits per heavy atom. The zero-order chi connectivity index (χ0) is 18.8. The Hall–Kier alpha value is -0.830. The molecule has 1 atom stereocenters. The predicted molar refractivity (Wildman–Crippen MR) is 123 cm³/mol. The van der Waals surface area contributed by atoms with E-state index in [0.29, 0.717) is 18.6 Å². The minimum absolute atomic E-state index is 0. The molecule has 1 aliphatic rings. The molecule has 27 heavy (non-hydrogen) atoms. The number of aliphatic imine (C=N–C) groups is 1. The summed E-state index contributed by atoms with van der Waals surface area (Å²) >= 11 is 0. The van der Waals surface area contributed by atoms with Crippen molar-refractivity contribution in [3.05, 3.63) is 18.2 Å². The summed E-state index contributed by atoms with van der Waals surface area (Å²) < 4.78 is 8.20. The molecule has 1 fully saturated rings. The highest BCUT2D eigenvalue weighted by Crippen LogP contribution is 2.30. The van der Waals surface area contributed by atoms with E-state index in [-0.39, 0.29) is 24.0 Å². The standard InChI is InChI=1S/C20H37N5O.HI/c1-5-26-18(17-8-6-7-9-17)10-11-23-20(21-4)24-14-19-22-12-13-25(19)15-16(2)3;/h12-13,16-18H,5-11,14-15H2,1-4H3,(H2,21,23,24);1H. The third kappa shape index (κ3) is 8.37. The Morgan fingerprint density at radius 1 is 1.33 bits per heavy atom. The second kappa shape index (κ2) is 13.4. The van der Waals surface area contributed by atoms with E-state index in [0.717, 1.165) is 43.8 Å². The molecule has 6 nitrogen and oxygen atoms in total. The number of aromatic nitrogens is 2. The van der Waals surface area contributed by atoms with Crippen LogP contribution in [0.25, 0.3) is 0 Å². The summed E-state index contributed by atoms with van der Waals surface area (Å²) in [6.45, 7) is 9.87. The molecule has 1 aromatic heterocycles. The van der Waals surface area contributed by atoms with E-state index in [2.05, 4.69) is 45.9 Å². The molecule has 1 aliphatic carbocycles. The molecule has 1 aromatic rings. The highest BCUT2D eigenvalue weighted by molar-refractivity contribution is 14.0. The number of nitrogens with one attached hydrogen (secondary N) is 2. The molecule has 1 unspecified atom stereocenters. The molecular weight excluding hydrogens is 453 g/mol. The van der Waals surface area contributed by atoms with Gasteiger partial charge in [0.15, 0.2) is 5.96 Å². The van der Waals surface area contributed by atoms with E-state index in [9.17, 15) is 0 Å². The van der Waals surface area contributed by atoms with E-state index in [1.807, 2.05) is 19.4 Å². The van der Waals surface area contributed by atoms with Crippen molar-refractivity contribution in [2.24, 2.45) is 16.8 Å². The Bertz CT molecular complexity index is 540. The van der Waals surface area contributed by atoms with Crippen molar-refractivity contribution in [3.63, 3.8) is 0 Å². The van der Waals surface area contributed by atoms with Crippen molar-refractivity contribution in [1.82, 2.24) is 20.2 Å². The van der Waals surface area contributed by atoms with Crippen LogP contribution in [-0.2, 0) is 17.8 Å². The molecule has 0 spiro atoms. The lowest BCUT2D eigenvalue weighted by atomic mass is 9.98. The van der Waals surface area contributed by atoms with Crippen molar-refractivity contribution in [3.8, 4) is 0 Å². The van der Waals surface area contributed by atoms with Gasteiger partial charge in [0, 0.05) is 39.1 Å². The molecular formula is C20H38IN5O. The Labute approximate surface area is 182 Å².